The molecule has 1 fully saturated rings. The highest BCUT2D eigenvalue weighted by Gasteiger charge is 2.35. The first-order valence-electron chi connectivity index (χ1n) is 12.9. The lowest BCUT2D eigenvalue weighted by Gasteiger charge is -2.34. The van der Waals surface area contributed by atoms with Gasteiger partial charge in [0.15, 0.2) is 0 Å². The van der Waals surface area contributed by atoms with Crippen LogP contribution in [0.25, 0.3) is 0 Å². The molecule has 4 rings (SSSR count). The number of amides is 2. The Labute approximate surface area is 213 Å². The quantitative estimate of drug-likeness (QED) is 0.427. The zero-order chi connectivity index (χ0) is 25.3. The van der Waals surface area contributed by atoms with Crippen LogP contribution in [0.15, 0.2) is 72.9 Å². The van der Waals surface area contributed by atoms with Crippen LogP contribution in [0.3, 0.4) is 0 Å². The van der Waals surface area contributed by atoms with Gasteiger partial charge in [-0.25, -0.2) is 0 Å². The van der Waals surface area contributed by atoms with E-state index in [-0.39, 0.29) is 24.4 Å². The highest BCUT2D eigenvalue weighted by molar-refractivity contribution is 5.96. The Hall–Kier alpha value is -3.67. The maximum atomic E-state index is 14.0. The van der Waals surface area contributed by atoms with Gasteiger partial charge < -0.3 is 15.0 Å². The lowest BCUT2D eigenvalue weighted by molar-refractivity contribution is -0.127. The molecule has 0 aliphatic heterocycles. The lowest BCUT2D eigenvalue weighted by atomic mass is 9.94. The van der Waals surface area contributed by atoms with E-state index in [0.29, 0.717) is 23.6 Å². The van der Waals surface area contributed by atoms with Crippen LogP contribution in [-0.2, 0) is 11.3 Å². The standard InChI is InChI=1S/C30H35N3O3/c1-3-36-27-15-8-7-13-25(27)28(29(34)32-24-11-5-4-6-12-24)33(21-23-18-16-22(2)17-19-23)30(35)26-14-9-10-20-31-26/h7-10,13-20,24,28H,3-6,11-12,21H2,1-2H3,(H,32,34)/t28-/m0/s1. The van der Waals surface area contributed by atoms with Crippen molar-refractivity contribution in [1.82, 2.24) is 15.2 Å². The van der Waals surface area contributed by atoms with Crippen LogP contribution >= 0.6 is 0 Å². The van der Waals surface area contributed by atoms with E-state index in [0.717, 1.165) is 36.8 Å². The molecule has 1 aliphatic carbocycles. The van der Waals surface area contributed by atoms with Crippen LogP contribution in [-0.4, -0.2) is 34.3 Å². The molecule has 1 N–H and O–H groups in total. The second kappa shape index (κ2) is 12.3. The summed E-state index contributed by atoms with van der Waals surface area (Å²) < 4.78 is 5.93. The van der Waals surface area contributed by atoms with E-state index in [2.05, 4.69) is 10.3 Å². The molecule has 188 valence electrons. The van der Waals surface area contributed by atoms with Gasteiger partial charge in [0.05, 0.1) is 6.61 Å². The minimum absolute atomic E-state index is 0.110. The number of nitrogens with one attached hydrogen (secondary N) is 1. The van der Waals surface area contributed by atoms with Gasteiger partial charge in [0.2, 0.25) is 5.91 Å². The summed E-state index contributed by atoms with van der Waals surface area (Å²) in [7, 11) is 0. The number of nitrogens with zero attached hydrogens (tertiary/aromatic N) is 2. The fourth-order valence-electron chi connectivity index (χ4n) is 4.78. The molecular formula is C30H35N3O3. The third-order valence-electron chi connectivity index (χ3n) is 6.64. The Balaban J connectivity index is 1.78. The summed E-state index contributed by atoms with van der Waals surface area (Å²) in [6.45, 7) is 4.66. The van der Waals surface area contributed by atoms with Crippen molar-refractivity contribution < 1.29 is 14.3 Å². The van der Waals surface area contributed by atoms with Gasteiger partial charge in [-0.15, -0.1) is 0 Å². The van der Waals surface area contributed by atoms with Crippen molar-refractivity contribution in [2.24, 2.45) is 0 Å². The number of aromatic nitrogens is 1. The van der Waals surface area contributed by atoms with Crippen molar-refractivity contribution in [2.75, 3.05) is 6.61 Å². The Morgan fingerprint density at radius 2 is 1.72 bits per heavy atom. The van der Waals surface area contributed by atoms with Crippen LogP contribution in [0, 0.1) is 6.92 Å². The van der Waals surface area contributed by atoms with Gasteiger partial charge in [-0.2, -0.15) is 0 Å². The highest BCUT2D eigenvalue weighted by atomic mass is 16.5. The topological polar surface area (TPSA) is 71.5 Å². The number of hydrogen-bond donors (Lipinski definition) is 1. The summed E-state index contributed by atoms with van der Waals surface area (Å²) in [5.74, 6) is 0.114. The zero-order valence-corrected chi connectivity index (χ0v) is 21.2. The van der Waals surface area contributed by atoms with Gasteiger partial charge in [-0.05, 0) is 50.5 Å². The smallest absolute Gasteiger partial charge is 0.273 e. The summed E-state index contributed by atoms with van der Waals surface area (Å²) in [4.78, 5) is 33.9. The molecule has 1 aliphatic rings. The fraction of sp³-hybridized carbons (Fsp3) is 0.367. The maximum absolute atomic E-state index is 14.0. The number of hydrogen-bond acceptors (Lipinski definition) is 4. The predicted molar refractivity (Wildman–Crippen MR) is 141 cm³/mol. The van der Waals surface area contributed by atoms with Crippen molar-refractivity contribution in [3.63, 3.8) is 0 Å². The second-order valence-electron chi connectivity index (χ2n) is 9.35. The first-order chi connectivity index (χ1) is 17.6. The number of ether oxygens (including phenoxy) is 1. The number of pyridine rings is 1. The van der Waals surface area contributed by atoms with Crippen LogP contribution in [0.4, 0.5) is 0 Å². The first-order valence-corrected chi connectivity index (χ1v) is 12.9. The highest BCUT2D eigenvalue weighted by Crippen LogP contribution is 2.33. The summed E-state index contributed by atoms with van der Waals surface area (Å²) in [5.41, 5.74) is 3.04. The normalized spacial score (nSPS) is 14.6. The lowest BCUT2D eigenvalue weighted by Crippen LogP contribution is -2.47. The van der Waals surface area contributed by atoms with E-state index >= 15 is 0 Å². The molecule has 1 heterocycles. The average molecular weight is 486 g/mol. The molecule has 2 amide bonds. The van der Waals surface area contributed by atoms with Crippen LogP contribution < -0.4 is 10.1 Å². The molecule has 0 radical (unpaired) electrons. The van der Waals surface area contributed by atoms with E-state index < -0.39 is 6.04 Å². The Bertz CT molecular complexity index is 1140. The van der Waals surface area contributed by atoms with Crippen molar-refractivity contribution in [1.29, 1.82) is 0 Å². The zero-order valence-electron chi connectivity index (χ0n) is 21.2. The number of aryl methyl sites for hydroxylation is 1. The molecule has 1 atom stereocenters. The SMILES string of the molecule is CCOc1ccccc1[C@@H](C(=O)NC1CCCCC1)N(Cc1ccc(C)cc1)C(=O)c1ccccn1. The number of carbonyl (C=O) groups is 2. The largest absolute Gasteiger partial charge is 0.494 e. The van der Waals surface area contributed by atoms with E-state index in [1.54, 1.807) is 29.3 Å². The molecule has 0 bridgehead atoms. The van der Waals surface area contributed by atoms with E-state index in [4.69, 9.17) is 4.74 Å². The van der Waals surface area contributed by atoms with Crippen molar-refractivity contribution in [3.8, 4) is 5.75 Å². The molecule has 1 aromatic heterocycles. The number of benzene rings is 2. The van der Waals surface area contributed by atoms with Crippen LogP contribution in [0.1, 0.15) is 72.2 Å². The van der Waals surface area contributed by atoms with Gasteiger partial charge in [0.25, 0.3) is 5.91 Å². The molecule has 3 aromatic rings. The van der Waals surface area contributed by atoms with Gasteiger partial charge >= 0.3 is 0 Å². The van der Waals surface area contributed by atoms with Gasteiger partial charge in [-0.3, -0.25) is 14.6 Å². The fourth-order valence-corrected chi connectivity index (χ4v) is 4.78. The minimum atomic E-state index is -0.870. The Morgan fingerprint density at radius 3 is 2.42 bits per heavy atom. The number of carbonyl (C=O) groups excluding carboxylic acids is 2. The summed E-state index contributed by atoms with van der Waals surface area (Å²) >= 11 is 0. The summed E-state index contributed by atoms with van der Waals surface area (Å²) in [5, 5.41) is 3.26. The molecular weight excluding hydrogens is 450 g/mol. The number of rotatable bonds is 9. The van der Waals surface area contributed by atoms with Gasteiger partial charge in [-0.1, -0.05) is 73.4 Å². The second-order valence-corrected chi connectivity index (χ2v) is 9.35. The van der Waals surface area contributed by atoms with Crippen molar-refractivity contribution in [2.45, 2.75) is 64.6 Å². The molecule has 6 nitrogen and oxygen atoms in total. The predicted octanol–water partition coefficient (Wildman–Crippen LogP) is 5.62. The molecule has 1 saturated carbocycles. The first kappa shape index (κ1) is 25.4. The van der Waals surface area contributed by atoms with E-state index in [9.17, 15) is 9.59 Å². The van der Waals surface area contributed by atoms with E-state index in [1.807, 2.05) is 62.4 Å². The molecule has 6 heteroatoms. The van der Waals surface area contributed by atoms with Crippen molar-refractivity contribution >= 4 is 11.8 Å². The molecule has 0 spiro atoms. The molecule has 0 unspecified atom stereocenters. The monoisotopic (exact) mass is 485 g/mol. The molecule has 0 saturated heterocycles. The van der Waals surface area contributed by atoms with Crippen LogP contribution in [0.5, 0.6) is 5.75 Å². The van der Waals surface area contributed by atoms with E-state index in [1.165, 1.54) is 6.42 Å². The third-order valence-corrected chi connectivity index (χ3v) is 6.64. The van der Waals surface area contributed by atoms with Crippen LogP contribution in [0.2, 0.25) is 0 Å². The van der Waals surface area contributed by atoms with Crippen molar-refractivity contribution in [3.05, 3.63) is 95.3 Å². The summed E-state index contributed by atoms with van der Waals surface area (Å²) in [6, 6.07) is 20.0. The van der Waals surface area contributed by atoms with Gasteiger partial charge in [0, 0.05) is 24.3 Å². The van der Waals surface area contributed by atoms with Gasteiger partial charge in [0.1, 0.15) is 17.5 Å². The maximum Gasteiger partial charge on any atom is 0.273 e. The average Bonchev–Trinajstić information content (AvgIpc) is 2.91. The minimum Gasteiger partial charge on any atom is -0.494 e. The molecule has 36 heavy (non-hydrogen) atoms. The summed E-state index contributed by atoms with van der Waals surface area (Å²) in [6.07, 6.45) is 6.91. The molecule has 2 aromatic carbocycles. The third kappa shape index (κ3) is 6.30. The Morgan fingerprint density at radius 1 is 1.00 bits per heavy atom. The number of para-hydroxylation sites is 1. The Kier molecular flexibility index (Phi) is 8.71.